The highest BCUT2D eigenvalue weighted by atomic mass is 35.5. The van der Waals surface area contributed by atoms with Crippen molar-refractivity contribution in [2.75, 3.05) is 7.05 Å². The second-order valence-corrected chi connectivity index (χ2v) is 8.42. The fourth-order valence-electron chi connectivity index (χ4n) is 3.41. The van der Waals surface area contributed by atoms with Crippen LogP contribution < -0.4 is 5.32 Å². The van der Waals surface area contributed by atoms with Gasteiger partial charge < -0.3 is 10.8 Å². The predicted molar refractivity (Wildman–Crippen MR) is 116 cm³/mol. The lowest BCUT2D eigenvalue weighted by molar-refractivity contribution is -0.121. The lowest BCUT2D eigenvalue weighted by atomic mass is 9.99. The molecular formula is C20H22ClN5O2S. The number of fused-ring (bicyclic) bond motifs is 3. The van der Waals surface area contributed by atoms with E-state index in [0.29, 0.717) is 10.8 Å². The van der Waals surface area contributed by atoms with Crippen molar-refractivity contribution in [1.29, 1.82) is 0 Å². The van der Waals surface area contributed by atoms with E-state index in [9.17, 15) is 4.79 Å². The number of halogens is 1. The highest BCUT2D eigenvalue weighted by Gasteiger charge is 2.32. The summed E-state index contributed by atoms with van der Waals surface area (Å²) in [5.74, 6) is 1.38. The summed E-state index contributed by atoms with van der Waals surface area (Å²) in [7, 11) is 1.63. The number of aliphatic imine (C=N–C) groups is 1. The van der Waals surface area contributed by atoms with Crippen LogP contribution in [0.3, 0.4) is 0 Å². The molecule has 7 nitrogen and oxygen atoms in total. The fourth-order valence-corrected chi connectivity index (χ4v) is 4.75. The maximum absolute atomic E-state index is 12.2. The number of carbonyl (C=O) groups is 1. The Morgan fingerprint density at radius 2 is 1.90 bits per heavy atom. The van der Waals surface area contributed by atoms with E-state index in [1.54, 1.807) is 18.4 Å². The standard InChI is InChI=1S/C20H20ClN5OS.H2O/c1-10-11(2)28-20-17(10)18(13-5-7-14(21)8-6-13)23-15(9-16(27)22-4)19-25-24-12(3)26(19)20;/h5-8,15H,9H2,1-4H3,(H,22,27);1H2/t15-;/m0./s1. The minimum atomic E-state index is -0.425. The van der Waals surface area contributed by atoms with Gasteiger partial charge in [0.25, 0.3) is 0 Å². The molecule has 9 heteroatoms. The summed E-state index contributed by atoms with van der Waals surface area (Å²) in [6.45, 7) is 6.14. The van der Waals surface area contributed by atoms with Crippen molar-refractivity contribution >= 4 is 34.6 Å². The first kappa shape index (κ1) is 21.2. The summed E-state index contributed by atoms with van der Waals surface area (Å²) in [5, 5.41) is 13.1. The first-order chi connectivity index (χ1) is 13.4. The smallest absolute Gasteiger partial charge is 0.222 e. The van der Waals surface area contributed by atoms with Gasteiger partial charge in [-0.1, -0.05) is 23.7 Å². The molecular weight excluding hydrogens is 410 g/mol. The summed E-state index contributed by atoms with van der Waals surface area (Å²) in [4.78, 5) is 18.4. The van der Waals surface area contributed by atoms with Crippen molar-refractivity contribution < 1.29 is 10.3 Å². The summed E-state index contributed by atoms with van der Waals surface area (Å²) in [6, 6.07) is 7.22. The average Bonchev–Trinajstić information content (AvgIpc) is 3.15. The van der Waals surface area contributed by atoms with Crippen molar-refractivity contribution in [2.24, 2.45) is 4.99 Å². The second-order valence-electron chi connectivity index (χ2n) is 6.78. The van der Waals surface area contributed by atoms with Crippen LogP contribution >= 0.6 is 22.9 Å². The van der Waals surface area contributed by atoms with Gasteiger partial charge in [0.2, 0.25) is 5.91 Å². The van der Waals surface area contributed by atoms with Crippen molar-refractivity contribution in [3.05, 3.63) is 62.5 Å². The molecule has 0 unspecified atom stereocenters. The minimum Gasteiger partial charge on any atom is -0.412 e. The fraction of sp³-hybridized carbons (Fsp3) is 0.300. The van der Waals surface area contributed by atoms with Crippen LogP contribution in [0.1, 0.15) is 45.7 Å². The molecule has 29 heavy (non-hydrogen) atoms. The number of aromatic nitrogens is 3. The second kappa shape index (κ2) is 8.06. The number of nitrogens with zero attached hydrogens (tertiary/aromatic N) is 4. The number of thiophene rings is 1. The van der Waals surface area contributed by atoms with Crippen LogP contribution in [0.2, 0.25) is 5.02 Å². The molecule has 3 aromatic rings. The monoisotopic (exact) mass is 431 g/mol. The van der Waals surface area contributed by atoms with Gasteiger partial charge in [-0.05, 0) is 38.5 Å². The van der Waals surface area contributed by atoms with E-state index >= 15 is 0 Å². The van der Waals surface area contributed by atoms with Crippen LogP contribution in [-0.4, -0.2) is 38.9 Å². The molecule has 0 saturated heterocycles. The zero-order valence-electron chi connectivity index (χ0n) is 16.6. The Labute approximate surface area is 177 Å². The number of aryl methyl sites for hydroxylation is 2. The van der Waals surface area contributed by atoms with Crippen LogP contribution in [0.5, 0.6) is 0 Å². The molecule has 4 rings (SSSR count). The largest absolute Gasteiger partial charge is 0.412 e. The molecule has 1 atom stereocenters. The highest BCUT2D eigenvalue weighted by molar-refractivity contribution is 7.15. The van der Waals surface area contributed by atoms with Gasteiger partial charge in [-0.25, -0.2) is 0 Å². The summed E-state index contributed by atoms with van der Waals surface area (Å²) in [5.41, 5.74) is 4.05. The average molecular weight is 432 g/mol. The predicted octanol–water partition coefficient (Wildman–Crippen LogP) is 3.11. The van der Waals surface area contributed by atoms with Crippen LogP contribution in [0.25, 0.3) is 5.00 Å². The quantitative estimate of drug-likeness (QED) is 0.688. The van der Waals surface area contributed by atoms with Crippen molar-refractivity contribution in [2.45, 2.75) is 33.2 Å². The van der Waals surface area contributed by atoms with Gasteiger partial charge >= 0.3 is 0 Å². The molecule has 0 bridgehead atoms. The number of carbonyl (C=O) groups excluding carboxylic acids is 1. The van der Waals surface area contributed by atoms with E-state index < -0.39 is 6.04 Å². The van der Waals surface area contributed by atoms with E-state index in [2.05, 4.69) is 29.4 Å². The third-order valence-corrected chi connectivity index (χ3v) is 6.46. The number of amides is 1. The van der Waals surface area contributed by atoms with Gasteiger partial charge in [0, 0.05) is 28.1 Å². The third kappa shape index (κ3) is 3.59. The first-order valence-corrected chi connectivity index (χ1v) is 10.2. The van der Waals surface area contributed by atoms with E-state index in [4.69, 9.17) is 16.6 Å². The molecule has 152 valence electrons. The Kier molecular flexibility index (Phi) is 5.88. The van der Waals surface area contributed by atoms with Crippen molar-refractivity contribution in [3.8, 4) is 5.00 Å². The maximum Gasteiger partial charge on any atom is 0.222 e. The van der Waals surface area contributed by atoms with E-state index in [1.165, 1.54) is 10.4 Å². The van der Waals surface area contributed by atoms with E-state index in [-0.39, 0.29) is 17.8 Å². The van der Waals surface area contributed by atoms with Crippen LogP contribution in [0.4, 0.5) is 0 Å². The lowest BCUT2D eigenvalue weighted by Crippen LogP contribution is -2.21. The van der Waals surface area contributed by atoms with Gasteiger partial charge in [0.05, 0.1) is 12.1 Å². The van der Waals surface area contributed by atoms with Crippen molar-refractivity contribution in [3.63, 3.8) is 0 Å². The molecule has 0 spiro atoms. The Bertz CT molecular complexity index is 1100. The minimum absolute atomic E-state index is 0. The summed E-state index contributed by atoms with van der Waals surface area (Å²) in [6.07, 6.45) is 0.207. The van der Waals surface area contributed by atoms with Crippen LogP contribution in [0.15, 0.2) is 29.3 Å². The van der Waals surface area contributed by atoms with Gasteiger partial charge in [-0.2, -0.15) is 0 Å². The van der Waals surface area contributed by atoms with E-state index in [0.717, 1.165) is 27.7 Å². The SMILES string of the molecule is CNC(=O)C[C@@H]1N=C(c2ccc(Cl)cc2)c2c(sc(C)c2C)-n2c(C)nnc21.O. The Balaban J connectivity index is 0.00000240. The molecule has 0 fully saturated rings. The zero-order chi connectivity index (χ0) is 20.0. The van der Waals surface area contributed by atoms with Crippen LogP contribution in [0, 0.1) is 20.8 Å². The molecule has 0 aliphatic carbocycles. The number of hydrogen-bond acceptors (Lipinski definition) is 5. The Morgan fingerprint density at radius 3 is 2.55 bits per heavy atom. The Hall–Kier alpha value is -2.55. The molecule has 1 aliphatic rings. The summed E-state index contributed by atoms with van der Waals surface area (Å²) < 4.78 is 2.04. The molecule has 1 amide bonds. The van der Waals surface area contributed by atoms with Crippen molar-refractivity contribution in [1.82, 2.24) is 20.1 Å². The first-order valence-electron chi connectivity index (χ1n) is 8.97. The molecule has 0 radical (unpaired) electrons. The molecule has 1 aromatic carbocycles. The molecule has 0 saturated carbocycles. The topological polar surface area (TPSA) is 104 Å². The number of benzene rings is 1. The number of hydrogen-bond donors (Lipinski definition) is 1. The van der Waals surface area contributed by atoms with Crippen LogP contribution in [-0.2, 0) is 4.79 Å². The number of nitrogens with one attached hydrogen (secondary N) is 1. The third-order valence-electron chi connectivity index (χ3n) is 5.01. The van der Waals surface area contributed by atoms with Gasteiger partial charge in [-0.3, -0.25) is 14.4 Å². The Morgan fingerprint density at radius 1 is 1.21 bits per heavy atom. The van der Waals surface area contributed by atoms with Gasteiger partial charge in [0.15, 0.2) is 5.82 Å². The molecule has 3 heterocycles. The summed E-state index contributed by atoms with van der Waals surface area (Å²) >= 11 is 7.79. The zero-order valence-corrected chi connectivity index (χ0v) is 18.1. The maximum atomic E-state index is 12.2. The van der Waals surface area contributed by atoms with E-state index in [1.807, 2.05) is 35.8 Å². The molecule has 1 aliphatic heterocycles. The highest BCUT2D eigenvalue weighted by Crippen LogP contribution is 2.39. The normalized spacial score (nSPS) is 14.9. The molecule has 2 aromatic heterocycles. The number of rotatable bonds is 3. The van der Waals surface area contributed by atoms with Gasteiger partial charge in [-0.15, -0.1) is 21.5 Å². The van der Waals surface area contributed by atoms with Gasteiger partial charge in [0.1, 0.15) is 16.9 Å². The molecule has 3 N–H and O–H groups in total. The lowest BCUT2D eigenvalue weighted by Gasteiger charge is -2.12.